The van der Waals surface area contributed by atoms with Crippen molar-refractivity contribution in [3.63, 3.8) is 0 Å². The van der Waals surface area contributed by atoms with Crippen LogP contribution >= 0.6 is 0 Å². The molecule has 0 saturated heterocycles. The zero-order valence-electron chi connectivity index (χ0n) is 17.1. The Kier molecular flexibility index (Phi) is 4.10. The maximum Gasteiger partial charge on any atom is 0.312 e. The summed E-state index contributed by atoms with van der Waals surface area (Å²) in [4.78, 5) is 27.1. The Bertz CT molecular complexity index is 1430. The van der Waals surface area contributed by atoms with Crippen molar-refractivity contribution in [2.45, 2.75) is 19.4 Å². The van der Waals surface area contributed by atoms with Crippen molar-refractivity contribution < 1.29 is 9.21 Å². The van der Waals surface area contributed by atoms with Gasteiger partial charge in [-0.15, -0.1) is 10.2 Å². The van der Waals surface area contributed by atoms with Crippen LogP contribution < -0.4 is 0 Å². The highest BCUT2D eigenvalue weighted by molar-refractivity contribution is 5.90. The van der Waals surface area contributed by atoms with Gasteiger partial charge in [-0.05, 0) is 36.8 Å². The number of hydrogen-bond donors (Lipinski definition) is 1. The lowest BCUT2D eigenvalue weighted by Crippen LogP contribution is -2.41. The molecular weight excluding hydrogens is 408 g/mol. The summed E-state index contributed by atoms with van der Waals surface area (Å²) in [7, 11) is 0. The lowest BCUT2D eigenvalue weighted by molar-refractivity contribution is 0.0646. The van der Waals surface area contributed by atoms with Gasteiger partial charge >= 0.3 is 11.8 Å². The number of aromatic nitrogens is 7. The first-order valence-electron chi connectivity index (χ1n) is 10.2. The van der Waals surface area contributed by atoms with Gasteiger partial charge in [0.25, 0.3) is 5.89 Å². The second-order valence-electron chi connectivity index (χ2n) is 7.63. The minimum atomic E-state index is -0.470. The van der Waals surface area contributed by atoms with Crippen LogP contribution in [0.1, 0.15) is 39.4 Å². The molecule has 6 rings (SSSR count). The molecule has 1 aliphatic heterocycles. The highest BCUT2D eigenvalue weighted by atomic mass is 16.4. The Balaban J connectivity index is 1.41. The van der Waals surface area contributed by atoms with E-state index >= 15 is 0 Å². The number of amides is 1. The van der Waals surface area contributed by atoms with E-state index in [1.807, 2.05) is 41.9 Å². The fraction of sp³-hybridized carbons (Fsp3) is 0.182. The van der Waals surface area contributed by atoms with Crippen LogP contribution in [0, 0.1) is 6.92 Å². The van der Waals surface area contributed by atoms with Crippen LogP contribution in [0.3, 0.4) is 0 Å². The number of imidazole rings is 1. The van der Waals surface area contributed by atoms with Gasteiger partial charge < -0.3 is 14.3 Å². The summed E-state index contributed by atoms with van der Waals surface area (Å²) >= 11 is 0. The summed E-state index contributed by atoms with van der Waals surface area (Å²) in [6.45, 7) is 2.50. The summed E-state index contributed by atoms with van der Waals surface area (Å²) in [6.07, 6.45) is 5.82. The molecule has 0 spiro atoms. The summed E-state index contributed by atoms with van der Waals surface area (Å²) in [5.74, 6) is -0.256. The summed E-state index contributed by atoms with van der Waals surface area (Å²) in [5.41, 5.74) is 5.08. The van der Waals surface area contributed by atoms with Crippen LogP contribution in [0.25, 0.3) is 17.1 Å². The number of H-pyrrole nitrogens is 1. The SMILES string of the molecule is Cc1cccn2nc([C@H]3c4nc[nH]c4CCN3C(=O)c3nnc(-c4ccccn4)o3)cc12. The third-order valence-corrected chi connectivity index (χ3v) is 5.69. The predicted octanol–water partition coefficient (Wildman–Crippen LogP) is 2.60. The number of aryl methyl sites for hydroxylation is 1. The molecule has 1 atom stereocenters. The third kappa shape index (κ3) is 2.88. The van der Waals surface area contributed by atoms with Gasteiger partial charge in [0.15, 0.2) is 0 Å². The van der Waals surface area contributed by atoms with Crippen LogP contribution in [0.4, 0.5) is 0 Å². The van der Waals surface area contributed by atoms with E-state index in [4.69, 9.17) is 9.52 Å². The number of rotatable bonds is 3. The molecule has 0 aliphatic carbocycles. The Hall–Kier alpha value is -4.34. The van der Waals surface area contributed by atoms with Crippen molar-refractivity contribution in [3.05, 3.63) is 83.7 Å². The van der Waals surface area contributed by atoms with E-state index < -0.39 is 6.04 Å². The normalized spacial score (nSPS) is 15.8. The number of nitrogens with one attached hydrogen (secondary N) is 1. The Morgan fingerprint density at radius 1 is 1.19 bits per heavy atom. The van der Waals surface area contributed by atoms with E-state index in [9.17, 15) is 4.79 Å². The molecule has 10 nitrogen and oxygen atoms in total. The van der Waals surface area contributed by atoms with Crippen molar-refractivity contribution in [3.8, 4) is 11.6 Å². The molecule has 5 aromatic heterocycles. The fourth-order valence-electron chi connectivity index (χ4n) is 4.13. The van der Waals surface area contributed by atoms with Gasteiger partial charge in [-0.2, -0.15) is 5.10 Å². The number of carbonyl (C=O) groups is 1. The van der Waals surface area contributed by atoms with Crippen molar-refractivity contribution in [2.24, 2.45) is 0 Å². The molecular formula is C22H18N8O2. The monoisotopic (exact) mass is 426 g/mol. The number of carbonyl (C=O) groups excluding carboxylic acids is 1. The van der Waals surface area contributed by atoms with Gasteiger partial charge in [-0.3, -0.25) is 9.78 Å². The van der Waals surface area contributed by atoms with Gasteiger partial charge in [0, 0.05) is 31.1 Å². The van der Waals surface area contributed by atoms with Crippen LogP contribution in [-0.2, 0) is 6.42 Å². The second-order valence-corrected chi connectivity index (χ2v) is 7.63. The first-order valence-corrected chi connectivity index (χ1v) is 10.2. The molecule has 32 heavy (non-hydrogen) atoms. The Morgan fingerprint density at radius 2 is 2.12 bits per heavy atom. The third-order valence-electron chi connectivity index (χ3n) is 5.69. The molecule has 6 heterocycles. The van der Waals surface area contributed by atoms with Crippen LogP contribution in [0.2, 0.25) is 0 Å². The fourth-order valence-corrected chi connectivity index (χ4v) is 4.13. The molecule has 0 unspecified atom stereocenters. The van der Waals surface area contributed by atoms with Crippen molar-refractivity contribution >= 4 is 11.4 Å². The average molecular weight is 426 g/mol. The molecule has 5 aromatic rings. The molecule has 10 heteroatoms. The number of hydrogen-bond acceptors (Lipinski definition) is 7. The maximum absolute atomic E-state index is 13.5. The van der Waals surface area contributed by atoms with E-state index in [1.165, 1.54) is 0 Å². The lowest BCUT2D eigenvalue weighted by Gasteiger charge is -2.32. The molecule has 0 aromatic carbocycles. The minimum absolute atomic E-state index is 0.0883. The van der Waals surface area contributed by atoms with E-state index in [-0.39, 0.29) is 17.7 Å². The van der Waals surface area contributed by atoms with E-state index in [1.54, 1.807) is 29.6 Å². The minimum Gasteiger partial charge on any atom is -0.411 e. The zero-order valence-corrected chi connectivity index (χ0v) is 17.1. The smallest absolute Gasteiger partial charge is 0.312 e. The highest BCUT2D eigenvalue weighted by Crippen LogP contribution is 2.34. The molecule has 1 amide bonds. The quantitative estimate of drug-likeness (QED) is 0.471. The van der Waals surface area contributed by atoms with Gasteiger partial charge in [0.2, 0.25) is 0 Å². The highest BCUT2D eigenvalue weighted by Gasteiger charge is 2.38. The van der Waals surface area contributed by atoms with Gasteiger partial charge in [-0.1, -0.05) is 12.1 Å². The Labute approximate surface area is 181 Å². The van der Waals surface area contributed by atoms with Crippen molar-refractivity contribution in [1.29, 1.82) is 0 Å². The molecule has 1 aliphatic rings. The van der Waals surface area contributed by atoms with Crippen molar-refractivity contribution in [2.75, 3.05) is 6.54 Å². The molecule has 0 radical (unpaired) electrons. The van der Waals surface area contributed by atoms with Crippen LogP contribution in [0.15, 0.2) is 59.5 Å². The topological polar surface area (TPSA) is 118 Å². The summed E-state index contributed by atoms with van der Waals surface area (Å²) < 4.78 is 7.51. The van der Waals surface area contributed by atoms with E-state index in [0.29, 0.717) is 18.7 Å². The molecule has 158 valence electrons. The first-order chi connectivity index (χ1) is 15.7. The largest absolute Gasteiger partial charge is 0.411 e. The first kappa shape index (κ1) is 18.4. The zero-order chi connectivity index (χ0) is 21.7. The van der Waals surface area contributed by atoms with Crippen LogP contribution in [0.5, 0.6) is 0 Å². The number of pyridine rings is 2. The van der Waals surface area contributed by atoms with E-state index in [2.05, 4.69) is 25.1 Å². The maximum atomic E-state index is 13.5. The van der Waals surface area contributed by atoms with Gasteiger partial charge in [-0.25, -0.2) is 9.50 Å². The standard InChI is InChI=1S/C22H18N8O2/c1-13-5-4-9-30-17(13)11-16(28-30)19-18-14(24-12-25-18)7-10-29(19)22(31)21-27-26-20(32-21)15-6-2-3-8-23-15/h2-6,8-9,11-12,19H,7,10H2,1H3,(H,24,25)/t19-/m0/s1. The van der Waals surface area contributed by atoms with Gasteiger partial charge in [0.05, 0.1) is 23.2 Å². The second kappa shape index (κ2) is 7.12. The molecule has 0 bridgehead atoms. The predicted molar refractivity (Wildman–Crippen MR) is 113 cm³/mol. The molecule has 0 saturated carbocycles. The molecule has 0 fully saturated rings. The molecule has 1 N–H and O–H groups in total. The van der Waals surface area contributed by atoms with Crippen LogP contribution in [-0.4, -0.2) is 52.1 Å². The number of fused-ring (bicyclic) bond motifs is 2. The number of aromatic amines is 1. The number of nitrogens with zero attached hydrogens (tertiary/aromatic N) is 7. The van der Waals surface area contributed by atoms with Crippen molar-refractivity contribution in [1.82, 2.24) is 39.7 Å². The average Bonchev–Trinajstić information content (AvgIpc) is 3.58. The van der Waals surface area contributed by atoms with Gasteiger partial charge in [0.1, 0.15) is 11.7 Å². The van der Waals surface area contributed by atoms with E-state index in [0.717, 1.165) is 28.2 Å². The lowest BCUT2D eigenvalue weighted by atomic mass is 9.99. The summed E-state index contributed by atoms with van der Waals surface area (Å²) in [5, 5.41) is 12.8. The Morgan fingerprint density at radius 3 is 2.97 bits per heavy atom. The summed E-state index contributed by atoms with van der Waals surface area (Å²) in [6, 6.07) is 10.9.